The second-order valence-electron chi connectivity index (χ2n) is 5.61. The minimum absolute atomic E-state index is 0.439. The maximum atomic E-state index is 10.4. The number of aliphatic hydroxyl groups excluding tert-OH is 1. The van der Waals surface area contributed by atoms with Crippen molar-refractivity contribution in [2.45, 2.75) is 25.4 Å². The van der Waals surface area contributed by atoms with Crippen molar-refractivity contribution in [2.24, 2.45) is 0 Å². The van der Waals surface area contributed by atoms with E-state index in [4.69, 9.17) is 0 Å². The molecule has 1 aliphatic rings. The van der Waals surface area contributed by atoms with Crippen LogP contribution in [0, 0.1) is 0 Å². The fourth-order valence-electron chi connectivity index (χ4n) is 2.95. The number of rotatable bonds is 4. The van der Waals surface area contributed by atoms with E-state index in [1.54, 1.807) is 0 Å². The highest BCUT2D eigenvalue weighted by molar-refractivity contribution is 5.45. The van der Waals surface area contributed by atoms with Gasteiger partial charge in [0.25, 0.3) is 0 Å². The van der Waals surface area contributed by atoms with Gasteiger partial charge in [-0.2, -0.15) is 0 Å². The van der Waals surface area contributed by atoms with Gasteiger partial charge in [-0.1, -0.05) is 36.4 Å². The standard InChI is InChI=1S/C18H21NO/c1-19(17-8-3-2-4-9-17)13-18(20)16-11-10-14-6-5-7-15(14)12-16/h2-4,8-12,18,20H,5-7,13H2,1H3. The number of fused-ring (bicyclic) bond motifs is 1. The van der Waals surface area contributed by atoms with E-state index in [0.717, 1.165) is 17.7 Å². The lowest BCUT2D eigenvalue weighted by molar-refractivity contribution is 0.185. The molecule has 0 heterocycles. The van der Waals surface area contributed by atoms with E-state index >= 15 is 0 Å². The van der Waals surface area contributed by atoms with Gasteiger partial charge in [-0.05, 0) is 48.1 Å². The third kappa shape index (κ3) is 2.70. The molecule has 2 aromatic rings. The van der Waals surface area contributed by atoms with Gasteiger partial charge in [0.05, 0.1) is 6.10 Å². The Morgan fingerprint density at radius 1 is 1.05 bits per heavy atom. The summed E-state index contributed by atoms with van der Waals surface area (Å²) in [6.45, 7) is 0.614. The number of nitrogens with zero attached hydrogens (tertiary/aromatic N) is 1. The summed E-state index contributed by atoms with van der Waals surface area (Å²) in [5.74, 6) is 0. The average molecular weight is 267 g/mol. The van der Waals surface area contributed by atoms with E-state index in [9.17, 15) is 5.11 Å². The second kappa shape index (κ2) is 5.68. The van der Waals surface area contributed by atoms with Crippen LogP contribution in [-0.4, -0.2) is 18.7 Å². The quantitative estimate of drug-likeness (QED) is 0.918. The lowest BCUT2D eigenvalue weighted by Gasteiger charge is -2.23. The molecule has 0 radical (unpaired) electrons. The molecule has 0 bridgehead atoms. The highest BCUT2D eigenvalue weighted by atomic mass is 16.3. The number of para-hydroxylation sites is 1. The molecule has 104 valence electrons. The Morgan fingerprint density at radius 2 is 1.80 bits per heavy atom. The SMILES string of the molecule is CN(CC(O)c1ccc2c(c1)CCC2)c1ccccc1. The predicted molar refractivity (Wildman–Crippen MR) is 83.1 cm³/mol. The van der Waals surface area contributed by atoms with Crippen LogP contribution in [0.5, 0.6) is 0 Å². The summed E-state index contributed by atoms with van der Waals surface area (Å²) >= 11 is 0. The minimum Gasteiger partial charge on any atom is -0.387 e. The zero-order chi connectivity index (χ0) is 13.9. The maximum Gasteiger partial charge on any atom is 0.0964 e. The van der Waals surface area contributed by atoms with Gasteiger partial charge in [-0.25, -0.2) is 0 Å². The Labute approximate surface area is 120 Å². The molecule has 0 saturated carbocycles. The highest BCUT2D eigenvalue weighted by Gasteiger charge is 2.15. The molecule has 1 N–H and O–H groups in total. The Balaban J connectivity index is 1.71. The van der Waals surface area contributed by atoms with Crippen LogP contribution in [0.4, 0.5) is 5.69 Å². The third-order valence-corrected chi connectivity index (χ3v) is 4.15. The second-order valence-corrected chi connectivity index (χ2v) is 5.61. The first kappa shape index (κ1) is 13.2. The van der Waals surface area contributed by atoms with Crippen LogP contribution >= 0.6 is 0 Å². The number of likely N-dealkylation sites (N-methyl/N-ethyl adjacent to an activating group) is 1. The van der Waals surface area contributed by atoms with E-state index < -0.39 is 6.10 Å². The first-order valence-corrected chi connectivity index (χ1v) is 7.30. The van der Waals surface area contributed by atoms with Crippen molar-refractivity contribution in [3.63, 3.8) is 0 Å². The molecule has 2 nitrogen and oxygen atoms in total. The molecule has 2 heteroatoms. The molecule has 1 aliphatic carbocycles. The molecule has 1 atom stereocenters. The van der Waals surface area contributed by atoms with Gasteiger partial charge < -0.3 is 10.0 Å². The summed E-state index contributed by atoms with van der Waals surface area (Å²) in [5.41, 5.74) is 5.04. The number of aliphatic hydroxyl groups is 1. The molecule has 3 rings (SSSR count). The lowest BCUT2D eigenvalue weighted by atomic mass is 10.0. The minimum atomic E-state index is -0.439. The summed E-state index contributed by atoms with van der Waals surface area (Å²) in [7, 11) is 2.02. The molecule has 1 unspecified atom stereocenters. The zero-order valence-electron chi connectivity index (χ0n) is 11.9. The smallest absolute Gasteiger partial charge is 0.0964 e. The third-order valence-electron chi connectivity index (χ3n) is 4.15. The molecule has 0 aliphatic heterocycles. The molecule has 0 saturated heterocycles. The van der Waals surface area contributed by atoms with E-state index in [1.807, 2.05) is 25.2 Å². The van der Waals surface area contributed by atoms with E-state index in [-0.39, 0.29) is 0 Å². The van der Waals surface area contributed by atoms with Crippen LogP contribution in [-0.2, 0) is 12.8 Å². The van der Waals surface area contributed by atoms with Gasteiger partial charge >= 0.3 is 0 Å². The Hall–Kier alpha value is -1.80. The number of hydrogen-bond donors (Lipinski definition) is 1. The van der Waals surface area contributed by atoms with Gasteiger partial charge in [0, 0.05) is 19.3 Å². The molecule has 2 aromatic carbocycles. The average Bonchev–Trinajstić information content (AvgIpc) is 2.95. The molecular formula is C18H21NO. The topological polar surface area (TPSA) is 23.5 Å². The fraction of sp³-hybridized carbons (Fsp3) is 0.333. The Kier molecular flexibility index (Phi) is 3.75. The van der Waals surface area contributed by atoms with Gasteiger partial charge in [0.2, 0.25) is 0 Å². The highest BCUT2D eigenvalue weighted by Crippen LogP contribution is 2.26. The van der Waals surface area contributed by atoms with Crippen molar-refractivity contribution in [1.82, 2.24) is 0 Å². The van der Waals surface area contributed by atoms with Gasteiger partial charge in [0.1, 0.15) is 0 Å². The van der Waals surface area contributed by atoms with Crippen LogP contribution < -0.4 is 4.90 Å². The van der Waals surface area contributed by atoms with Gasteiger partial charge in [0.15, 0.2) is 0 Å². The van der Waals surface area contributed by atoms with Crippen molar-refractivity contribution in [3.05, 3.63) is 65.2 Å². The van der Waals surface area contributed by atoms with Crippen molar-refractivity contribution in [1.29, 1.82) is 0 Å². The van der Waals surface area contributed by atoms with Gasteiger partial charge in [-0.3, -0.25) is 0 Å². The van der Waals surface area contributed by atoms with Crippen molar-refractivity contribution < 1.29 is 5.11 Å². The van der Waals surface area contributed by atoms with Crippen LogP contribution in [0.25, 0.3) is 0 Å². The lowest BCUT2D eigenvalue weighted by Crippen LogP contribution is -2.24. The van der Waals surface area contributed by atoms with E-state index in [1.165, 1.54) is 24.0 Å². The largest absolute Gasteiger partial charge is 0.387 e. The Bertz CT molecular complexity index is 579. The molecule has 0 fully saturated rings. The first-order chi connectivity index (χ1) is 9.74. The van der Waals surface area contributed by atoms with Crippen LogP contribution in [0.1, 0.15) is 29.2 Å². The normalized spacial score (nSPS) is 14.9. The van der Waals surface area contributed by atoms with Crippen molar-refractivity contribution in [3.8, 4) is 0 Å². The summed E-state index contributed by atoms with van der Waals surface area (Å²) in [5, 5.41) is 10.4. The number of aryl methyl sites for hydroxylation is 2. The fourth-order valence-corrected chi connectivity index (χ4v) is 2.95. The van der Waals surface area contributed by atoms with Crippen molar-refractivity contribution >= 4 is 5.69 Å². The number of benzene rings is 2. The van der Waals surface area contributed by atoms with E-state index in [2.05, 4.69) is 35.2 Å². The Morgan fingerprint density at radius 3 is 2.60 bits per heavy atom. The number of anilines is 1. The van der Waals surface area contributed by atoms with Gasteiger partial charge in [-0.15, -0.1) is 0 Å². The molecule has 20 heavy (non-hydrogen) atoms. The predicted octanol–water partition coefficient (Wildman–Crippen LogP) is 3.35. The molecule has 0 spiro atoms. The maximum absolute atomic E-state index is 10.4. The van der Waals surface area contributed by atoms with Crippen molar-refractivity contribution in [2.75, 3.05) is 18.5 Å². The zero-order valence-corrected chi connectivity index (χ0v) is 11.9. The number of hydrogen-bond acceptors (Lipinski definition) is 2. The summed E-state index contributed by atoms with van der Waals surface area (Å²) in [6.07, 6.45) is 3.16. The first-order valence-electron chi connectivity index (χ1n) is 7.30. The van der Waals surface area contributed by atoms with Crippen LogP contribution in [0.2, 0.25) is 0 Å². The molecule has 0 amide bonds. The molecular weight excluding hydrogens is 246 g/mol. The molecule has 0 aromatic heterocycles. The summed E-state index contributed by atoms with van der Waals surface area (Å²) in [4.78, 5) is 2.10. The summed E-state index contributed by atoms with van der Waals surface area (Å²) < 4.78 is 0. The van der Waals surface area contributed by atoms with Crippen LogP contribution in [0.15, 0.2) is 48.5 Å². The monoisotopic (exact) mass is 267 g/mol. The summed E-state index contributed by atoms with van der Waals surface area (Å²) in [6, 6.07) is 16.6. The van der Waals surface area contributed by atoms with E-state index in [0.29, 0.717) is 6.54 Å². The van der Waals surface area contributed by atoms with Crippen LogP contribution in [0.3, 0.4) is 0 Å².